The van der Waals surface area contributed by atoms with Crippen LogP contribution in [0, 0.1) is 11.0 Å². The largest absolute Gasteiger partial charge is 0.759 e. The molecule has 9 nitrogen and oxygen atoms in total. The number of rotatable bonds is 5. The van der Waals surface area contributed by atoms with E-state index in [0.29, 0.717) is 10.4 Å². The number of carbonyl (C=O) groups excluding carboxylic acids is 1. The summed E-state index contributed by atoms with van der Waals surface area (Å²) in [7, 11) is -7.84. The van der Waals surface area contributed by atoms with E-state index < -0.39 is 44.4 Å². The lowest BCUT2D eigenvalue weighted by atomic mass is 10.2. The predicted octanol–water partition coefficient (Wildman–Crippen LogP) is 0.803. The first-order chi connectivity index (χ1) is 13.5. The van der Waals surface area contributed by atoms with Crippen molar-refractivity contribution in [2.45, 2.75) is 10.3 Å². The summed E-state index contributed by atoms with van der Waals surface area (Å²) in [5.41, 5.74) is 1.77. The van der Waals surface area contributed by atoms with Crippen LogP contribution in [0.1, 0.15) is 0 Å². The Balaban J connectivity index is 1.93. The highest BCUT2D eigenvalue weighted by Gasteiger charge is 2.42. The monoisotopic (exact) mass is 462 g/mol. The molecule has 158 valence electrons. The van der Waals surface area contributed by atoms with Gasteiger partial charge in [0.05, 0.1) is 6.26 Å². The molecule has 0 aliphatic carbocycles. The van der Waals surface area contributed by atoms with Gasteiger partial charge in [0.25, 0.3) is 10.0 Å². The van der Waals surface area contributed by atoms with E-state index in [1.165, 1.54) is 30.3 Å². The quantitative estimate of drug-likeness (QED) is 0.655. The van der Waals surface area contributed by atoms with E-state index in [4.69, 9.17) is 0 Å². The highest BCUT2D eigenvalue weighted by atomic mass is 32.2. The van der Waals surface area contributed by atoms with Gasteiger partial charge in [-0.25, -0.2) is 21.2 Å². The summed E-state index contributed by atoms with van der Waals surface area (Å²) in [5, 5.41) is 10.9. The Morgan fingerprint density at radius 3 is 2.38 bits per heavy atom. The van der Waals surface area contributed by atoms with Crippen molar-refractivity contribution in [3.05, 3.63) is 47.4 Å². The van der Waals surface area contributed by atoms with Crippen LogP contribution >= 0.6 is 11.3 Å². The van der Waals surface area contributed by atoms with Gasteiger partial charge in [0, 0.05) is 24.5 Å². The minimum absolute atomic E-state index is 0.0756. The molecule has 0 spiro atoms. The van der Waals surface area contributed by atoms with Gasteiger partial charge in [-0.2, -0.15) is 8.61 Å². The minimum atomic E-state index is -4.17. The van der Waals surface area contributed by atoms with Crippen LogP contribution in [0.5, 0.6) is 0 Å². The third-order valence-electron chi connectivity index (χ3n) is 4.44. The molecule has 1 aromatic heterocycles. The molecule has 3 rings (SSSR count). The molecule has 1 amide bonds. The van der Waals surface area contributed by atoms with Crippen molar-refractivity contribution in [3.8, 4) is 10.4 Å². The second kappa shape index (κ2) is 8.08. The van der Waals surface area contributed by atoms with Crippen LogP contribution in [0.25, 0.3) is 10.4 Å². The highest BCUT2D eigenvalue weighted by molar-refractivity contribution is 7.91. The average Bonchev–Trinajstić information content (AvgIpc) is 3.18. The van der Waals surface area contributed by atoms with E-state index in [9.17, 15) is 31.2 Å². The number of hydrogen-bond acceptors (Lipinski definition) is 7. The molecule has 0 unspecified atom stereocenters. The van der Waals surface area contributed by atoms with Crippen LogP contribution in [0.4, 0.5) is 4.39 Å². The first kappa shape index (κ1) is 21.8. The molecular formula is C16H17FN3O6S3-. The molecule has 1 aliphatic rings. The summed E-state index contributed by atoms with van der Waals surface area (Å²) < 4.78 is 64.6. The van der Waals surface area contributed by atoms with Gasteiger partial charge < -0.3 is 10.7 Å². The zero-order chi connectivity index (χ0) is 21.4. The van der Waals surface area contributed by atoms with E-state index in [2.05, 4.69) is 0 Å². The van der Waals surface area contributed by atoms with Crippen LogP contribution in [0.15, 0.2) is 40.6 Å². The summed E-state index contributed by atoms with van der Waals surface area (Å²) in [4.78, 5) is 12.6. The number of hydroxylamine groups is 1. The maximum Gasteiger partial charge on any atom is 0.253 e. The summed E-state index contributed by atoms with van der Waals surface area (Å²) in [6.07, 6.45) is 0.942. The fraction of sp³-hybridized carbons (Fsp3) is 0.312. The number of benzene rings is 1. The van der Waals surface area contributed by atoms with Gasteiger partial charge >= 0.3 is 0 Å². The molecule has 1 aliphatic heterocycles. The van der Waals surface area contributed by atoms with Gasteiger partial charge in [-0.15, -0.1) is 11.3 Å². The van der Waals surface area contributed by atoms with Crippen molar-refractivity contribution in [1.29, 1.82) is 0 Å². The lowest BCUT2D eigenvalue weighted by molar-refractivity contribution is -0.124. The van der Waals surface area contributed by atoms with Crippen molar-refractivity contribution in [1.82, 2.24) is 14.1 Å². The number of nitrogens with zero attached hydrogens (tertiary/aromatic N) is 2. The van der Waals surface area contributed by atoms with E-state index in [1.54, 1.807) is 6.07 Å². The maximum absolute atomic E-state index is 13.1. The number of piperazine rings is 1. The summed E-state index contributed by atoms with van der Waals surface area (Å²) in [6, 6.07) is 6.95. The van der Waals surface area contributed by atoms with Crippen molar-refractivity contribution in [3.63, 3.8) is 0 Å². The Bertz CT molecular complexity index is 1120. The van der Waals surface area contributed by atoms with Crippen LogP contribution < -0.4 is 5.48 Å². The number of nitrogens with one attached hydrogen (secondary N) is 1. The summed E-state index contributed by atoms with van der Waals surface area (Å²) in [5.74, 6) is -1.56. The summed E-state index contributed by atoms with van der Waals surface area (Å²) in [6.45, 7) is -0.878. The van der Waals surface area contributed by atoms with Crippen molar-refractivity contribution >= 4 is 37.3 Å². The van der Waals surface area contributed by atoms with E-state index in [0.717, 1.165) is 31.7 Å². The number of carbonyl (C=O) groups is 1. The van der Waals surface area contributed by atoms with E-state index >= 15 is 0 Å². The van der Waals surface area contributed by atoms with Gasteiger partial charge in [0.1, 0.15) is 16.1 Å². The van der Waals surface area contributed by atoms with Gasteiger partial charge in [-0.05, 0) is 29.8 Å². The molecule has 1 aromatic carbocycles. The molecule has 1 atom stereocenters. The molecule has 1 fully saturated rings. The average molecular weight is 463 g/mol. The van der Waals surface area contributed by atoms with E-state index in [1.807, 2.05) is 0 Å². The molecule has 0 bridgehead atoms. The number of amides is 1. The Morgan fingerprint density at radius 2 is 1.79 bits per heavy atom. The van der Waals surface area contributed by atoms with Crippen molar-refractivity contribution in [2.75, 3.05) is 25.9 Å². The van der Waals surface area contributed by atoms with Crippen LogP contribution in [0.2, 0.25) is 0 Å². The fourth-order valence-corrected chi connectivity index (χ4v) is 6.79. The first-order valence-corrected chi connectivity index (χ1v) is 12.4. The fourth-order valence-electron chi connectivity index (χ4n) is 2.96. The van der Waals surface area contributed by atoms with E-state index in [-0.39, 0.29) is 17.3 Å². The second-order valence-electron chi connectivity index (χ2n) is 6.34. The predicted molar refractivity (Wildman–Crippen MR) is 105 cm³/mol. The number of hydrogen-bond donors (Lipinski definition) is 1. The van der Waals surface area contributed by atoms with Crippen LogP contribution in [-0.2, 0) is 24.8 Å². The SMILES string of the molecule is CS(=O)(=O)N1CCN(S(=O)(=O)c2ccc(-c3ccc(F)cc3)s2)[C@@H](C(=O)N[O-])C1. The van der Waals surface area contributed by atoms with Crippen LogP contribution in [-0.4, -0.2) is 63.3 Å². The third-order valence-corrected chi connectivity index (χ3v) is 9.22. The molecule has 2 heterocycles. The Morgan fingerprint density at radius 1 is 1.14 bits per heavy atom. The van der Waals surface area contributed by atoms with Crippen LogP contribution in [0.3, 0.4) is 0 Å². The molecular weight excluding hydrogens is 445 g/mol. The minimum Gasteiger partial charge on any atom is -0.759 e. The topological polar surface area (TPSA) is 127 Å². The Hall–Kier alpha value is -1.90. The molecule has 2 aromatic rings. The highest BCUT2D eigenvalue weighted by Crippen LogP contribution is 2.33. The van der Waals surface area contributed by atoms with Gasteiger partial charge in [-0.1, -0.05) is 12.1 Å². The first-order valence-electron chi connectivity index (χ1n) is 8.29. The molecule has 1 saturated heterocycles. The smallest absolute Gasteiger partial charge is 0.253 e. The van der Waals surface area contributed by atoms with Crippen molar-refractivity contribution in [2.24, 2.45) is 0 Å². The van der Waals surface area contributed by atoms with Gasteiger partial charge in [-0.3, -0.25) is 4.79 Å². The lowest BCUT2D eigenvalue weighted by Crippen LogP contribution is -2.60. The van der Waals surface area contributed by atoms with Gasteiger partial charge in [0.15, 0.2) is 0 Å². The lowest BCUT2D eigenvalue weighted by Gasteiger charge is -2.38. The number of halogens is 1. The van der Waals surface area contributed by atoms with Gasteiger partial charge in [0.2, 0.25) is 15.9 Å². The standard InChI is InChI=1S/C16H17FN3O6S3/c1-28(23,24)19-8-9-20(13(10-19)16(21)18-22)29(25,26)15-7-6-14(27-15)11-2-4-12(17)5-3-11/h2-7,13H,8-10H2,1H3,(H-,18,21,22)/q-1/t13-/m1/s1. The molecule has 13 heteroatoms. The second-order valence-corrected chi connectivity index (χ2v) is 11.5. The number of thiophene rings is 1. The Labute approximate surface area is 171 Å². The number of sulfonamides is 2. The third kappa shape index (κ3) is 4.49. The molecule has 29 heavy (non-hydrogen) atoms. The zero-order valence-corrected chi connectivity index (χ0v) is 17.6. The zero-order valence-electron chi connectivity index (χ0n) is 15.1. The normalized spacial score (nSPS) is 19.2. The summed E-state index contributed by atoms with van der Waals surface area (Å²) >= 11 is 0.926. The molecule has 0 radical (unpaired) electrons. The Kier molecular flexibility index (Phi) is 6.08. The van der Waals surface area contributed by atoms with Crippen molar-refractivity contribution < 1.29 is 26.0 Å². The molecule has 1 N–H and O–H groups in total. The maximum atomic E-state index is 13.1. The molecule has 0 saturated carbocycles.